The third kappa shape index (κ3) is 3.07. The normalized spacial score (nSPS) is 11.8. The van der Waals surface area contributed by atoms with Crippen LogP contribution in [-0.4, -0.2) is 20.2 Å². The lowest BCUT2D eigenvalue weighted by molar-refractivity contribution is 0.104. The zero-order valence-corrected chi connectivity index (χ0v) is 16.5. The monoisotopic (exact) mass is 417 g/mol. The highest BCUT2D eigenvalue weighted by molar-refractivity contribution is 6.42. The second-order valence-corrected chi connectivity index (χ2v) is 7.39. The van der Waals surface area contributed by atoms with Gasteiger partial charge in [0, 0.05) is 10.9 Å². The number of hydrogen-bond donors (Lipinski definition) is 0. The molecule has 0 saturated heterocycles. The van der Waals surface area contributed by atoms with Crippen LogP contribution < -0.4 is 0 Å². The number of carbonyl (C=O) groups excluding carboxylic acids is 1. The van der Waals surface area contributed by atoms with Crippen LogP contribution in [0.5, 0.6) is 0 Å². The predicted octanol–water partition coefficient (Wildman–Crippen LogP) is 6.24. The molecule has 0 saturated carbocycles. The SMILES string of the molecule is O=C(/C=C\c1nc2ccccc2c2nc3ccccc3n12)c1ccc(Cl)c(Cl)c1. The van der Waals surface area contributed by atoms with Crippen molar-refractivity contribution < 1.29 is 4.79 Å². The van der Waals surface area contributed by atoms with Gasteiger partial charge in [0.05, 0.1) is 26.6 Å². The smallest absolute Gasteiger partial charge is 0.186 e. The van der Waals surface area contributed by atoms with Crippen LogP contribution in [0.25, 0.3) is 33.7 Å². The molecule has 0 amide bonds. The Balaban J connectivity index is 1.69. The van der Waals surface area contributed by atoms with E-state index in [0.29, 0.717) is 21.4 Å². The van der Waals surface area contributed by atoms with Gasteiger partial charge in [-0.2, -0.15) is 0 Å². The first-order valence-electron chi connectivity index (χ1n) is 8.95. The van der Waals surface area contributed by atoms with Gasteiger partial charge in [0.25, 0.3) is 0 Å². The van der Waals surface area contributed by atoms with Crippen LogP contribution in [-0.2, 0) is 0 Å². The summed E-state index contributed by atoms with van der Waals surface area (Å²) in [7, 11) is 0. The van der Waals surface area contributed by atoms with Crippen LogP contribution in [0.1, 0.15) is 16.2 Å². The Morgan fingerprint density at radius 1 is 0.862 bits per heavy atom. The lowest BCUT2D eigenvalue weighted by atomic mass is 10.1. The molecule has 0 atom stereocenters. The van der Waals surface area contributed by atoms with E-state index in [1.165, 1.54) is 6.08 Å². The molecule has 0 aliphatic rings. The molecule has 0 radical (unpaired) electrons. The van der Waals surface area contributed by atoms with Gasteiger partial charge in [-0.25, -0.2) is 9.97 Å². The van der Waals surface area contributed by atoms with Gasteiger partial charge in [0.2, 0.25) is 0 Å². The Labute approximate surface area is 176 Å². The maximum absolute atomic E-state index is 12.6. The number of aromatic nitrogens is 3. The van der Waals surface area contributed by atoms with Crippen molar-refractivity contribution in [1.82, 2.24) is 14.4 Å². The molecule has 4 nitrogen and oxygen atoms in total. The molecule has 0 aliphatic carbocycles. The van der Waals surface area contributed by atoms with Gasteiger partial charge in [-0.3, -0.25) is 9.20 Å². The molecule has 0 unspecified atom stereocenters. The first kappa shape index (κ1) is 17.9. The summed E-state index contributed by atoms with van der Waals surface area (Å²) in [6.07, 6.45) is 3.20. The van der Waals surface area contributed by atoms with Crippen LogP contribution in [0, 0.1) is 0 Å². The van der Waals surface area contributed by atoms with E-state index in [9.17, 15) is 4.79 Å². The largest absolute Gasteiger partial charge is 0.289 e. The molecule has 2 heterocycles. The maximum Gasteiger partial charge on any atom is 0.186 e. The number of para-hydroxylation sites is 3. The number of nitrogens with zero attached hydrogens (tertiary/aromatic N) is 3. The number of ketones is 1. The van der Waals surface area contributed by atoms with E-state index in [-0.39, 0.29) is 5.78 Å². The van der Waals surface area contributed by atoms with Gasteiger partial charge in [-0.1, -0.05) is 47.5 Å². The third-order valence-corrected chi connectivity index (χ3v) is 5.50. The van der Waals surface area contributed by atoms with E-state index in [2.05, 4.69) is 0 Å². The fourth-order valence-electron chi connectivity index (χ4n) is 3.38. The summed E-state index contributed by atoms with van der Waals surface area (Å²) in [5.74, 6) is 0.442. The summed E-state index contributed by atoms with van der Waals surface area (Å²) < 4.78 is 1.97. The lowest BCUT2D eigenvalue weighted by Gasteiger charge is -2.05. The average molecular weight is 418 g/mol. The molecule has 0 N–H and O–H groups in total. The number of allylic oxidation sites excluding steroid dienone is 1. The Kier molecular flexibility index (Phi) is 4.31. The van der Waals surface area contributed by atoms with Crippen molar-refractivity contribution in [2.45, 2.75) is 0 Å². The second-order valence-electron chi connectivity index (χ2n) is 6.57. The number of carbonyl (C=O) groups is 1. The fraction of sp³-hybridized carbons (Fsp3) is 0. The van der Waals surface area contributed by atoms with Gasteiger partial charge < -0.3 is 0 Å². The standard InChI is InChI=1S/C23H13Cl2N3O/c24-16-10-9-14(13-17(16)25)21(29)11-12-22-26-18-6-2-1-5-15(18)23-27-19-7-3-4-8-20(19)28(22)23/h1-13H/b12-11-. The van der Waals surface area contributed by atoms with Crippen LogP contribution in [0.4, 0.5) is 0 Å². The number of halogens is 2. The summed E-state index contributed by atoms with van der Waals surface area (Å²) >= 11 is 12.0. The molecular weight excluding hydrogens is 405 g/mol. The van der Waals surface area contributed by atoms with Crippen LogP contribution in [0.3, 0.4) is 0 Å². The third-order valence-electron chi connectivity index (χ3n) is 4.76. The summed E-state index contributed by atoms with van der Waals surface area (Å²) in [6, 6.07) is 20.5. The van der Waals surface area contributed by atoms with E-state index in [4.69, 9.17) is 33.2 Å². The maximum atomic E-state index is 12.6. The molecule has 140 valence electrons. The molecule has 0 fully saturated rings. The van der Waals surface area contributed by atoms with Crippen LogP contribution in [0.15, 0.2) is 72.8 Å². The molecule has 0 spiro atoms. The van der Waals surface area contributed by atoms with Crippen molar-refractivity contribution in [3.63, 3.8) is 0 Å². The highest BCUT2D eigenvalue weighted by atomic mass is 35.5. The molecule has 29 heavy (non-hydrogen) atoms. The predicted molar refractivity (Wildman–Crippen MR) is 118 cm³/mol. The van der Waals surface area contributed by atoms with Gasteiger partial charge in [0.1, 0.15) is 11.5 Å². The zero-order chi connectivity index (χ0) is 20.0. The van der Waals surface area contributed by atoms with Crippen molar-refractivity contribution in [1.29, 1.82) is 0 Å². The van der Waals surface area contributed by atoms with E-state index < -0.39 is 0 Å². The van der Waals surface area contributed by atoms with E-state index >= 15 is 0 Å². The van der Waals surface area contributed by atoms with Crippen molar-refractivity contribution in [2.75, 3.05) is 0 Å². The minimum Gasteiger partial charge on any atom is -0.289 e. The molecule has 5 aromatic rings. The number of fused-ring (bicyclic) bond motifs is 5. The van der Waals surface area contributed by atoms with Gasteiger partial charge in [0.15, 0.2) is 5.78 Å². The van der Waals surface area contributed by atoms with E-state index in [1.54, 1.807) is 24.3 Å². The molecule has 0 bridgehead atoms. The topological polar surface area (TPSA) is 47.3 Å². The quantitative estimate of drug-likeness (QED) is 0.257. The van der Waals surface area contributed by atoms with Gasteiger partial charge in [-0.15, -0.1) is 0 Å². The minimum atomic E-state index is -0.184. The Morgan fingerprint density at radius 3 is 2.45 bits per heavy atom. The molecule has 2 aromatic heterocycles. The number of imidazole rings is 1. The molecule has 5 rings (SSSR count). The summed E-state index contributed by atoms with van der Waals surface area (Å²) in [5, 5.41) is 1.71. The minimum absolute atomic E-state index is 0.184. The summed E-state index contributed by atoms with van der Waals surface area (Å²) in [6.45, 7) is 0. The second kappa shape index (κ2) is 6.99. The first-order valence-corrected chi connectivity index (χ1v) is 9.71. The molecule has 0 aliphatic heterocycles. The van der Waals surface area contributed by atoms with Crippen molar-refractivity contribution in [3.8, 4) is 0 Å². The van der Waals surface area contributed by atoms with Crippen LogP contribution in [0.2, 0.25) is 10.0 Å². The summed E-state index contributed by atoms with van der Waals surface area (Å²) in [4.78, 5) is 22.2. The number of hydrogen-bond acceptors (Lipinski definition) is 3. The average Bonchev–Trinajstić information content (AvgIpc) is 3.14. The first-order chi connectivity index (χ1) is 14.1. The van der Waals surface area contributed by atoms with Crippen molar-refractivity contribution in [2.24, 2.45) is 0 Å². The fourth-order valence-corrected chi connectivity index (χ4v) is 3.68. The zero-order valence-electron chi connectivity index (χ0n) is 15.0. The van der Waals surface area contributed by atoms with Crippen molar-refractivity contribution in [3.05, 3.63) is 94.2 Å². The van der Waals surface area contributed by atoms with E-state index in [0.717, 1.165) is 27.6 Å². The van der Waals surface area contributed by atoms with Gasteiger partial charge in [-0.05, 0) is 54.6 Å². The van der Waals surface area contributed by atoms with Gasteiger partial charge >= 0.3 is 0 Å². The van der Waals surface area contributed by atoms with E-state index in [1.807, 2.05) is 52.9 Å². The van der Waals surface area contributed by atoms with Crippen LogP contribution >= 0.6 is 23.2 Å². The number of rotatable bonds is 3. The lowest BCUT2D eigenvalue weighted by Crippen LogP contribution is -1.99. The Bertz CT molecular complexity index is 1450. The molecular formula is C23H13Cl2N3O. The molecule has 3 aromatic carbocycles. The highest BCUT2D eigenvalue weighted by Crippen LogP contribution is 2.26. The summed E-state index contributed by atoms with van der Waals surface area (Å²) in [5.41, 5.74) is 3.89. The highest BCUT2D eigenvalue weighted by Gasteiger charge is 2.12. The molecule has 6 heteroatoms. The Morgan fingerprint density at radius 2 is 1.62 bits per heavy atom. The number of benzene rings is 3. The van der Waals surface area contributed by atoms with Crippen molar-refractivity contribution >= 4 is 62.6 Å². The Hall–Kier alpha value is -3.21.